The van der Waals surface area contributed by atoms with Crippen LogP contribution in [0.5, 0.6) is 0 Å². The second kappa shape index (κ2) is 13.5. The number of nitrogens with zero attached hydrogens (tertiary/aromatic N) is 2. The van der Waals surface area contributed by atoms with Crippen LogP contribution in [0, 0.1) is 11.6 Å². The number of benzene rings is 2. The van der Waals surface area contributed by atoms with Crippen molar-refractivity contribution in [2.45, 2.75) is 38.5 Å². The molecule has 2 aromatic carbocycles. The Hall–Kier alpha value is -3.61. The summed E-state index contributed by atoms with van der Waals surface area (Å²) in [6.45, 7) is 5.94. The lowest BCUT2D eigenvalue weighted by Crippen LogP contribution is -2.48. The summed E-state index contributed by atoms with van der Waals surface area (Å²) in [5, 5.41) is 16.7. The molecule has 0 aliphatic carbocycles. The lowest BCUT2D eigenvalue weighted by Gasteiger charge is -2.24. The minimum absolute atomic E-state index is 0.0599. The summed E-state index contributed by atoms with van der Waals surface area (Å²) in [7, 11) is -3.76. The third-order valence-corrected chi connectivity index (χ3v) is 6.98. The first kappa shape index (κ1) is 29.9. The monoisotopic (exact) mass is 562 g/mol. The largest absolute Gasteiger partial charge is 0.430 e. The summed E-state index contributed by atoms with van der Waals surface area (Å²) >= 11 is 0. The van der Waals surface area contributed by atoms with E-state index in [1.54, 1.807) is 0 Å². The zero-order valence-electron chi connectivity index (χ0n) is 21.7. The molecule has 0 saturated heterocycles. The Labute approximate surface area is 226 Å². The average Bonchev–Trinajstić information content (AvgIpc) is 3.35. The summed E-state index contributed by atoms with van der Waals surface area (Å²) < 4.78 is 57.7. The maximum absolute atomic E-state index is 13.8. The number of hydrogen-bond donors (Lipinski definition) is 3. The Kier molecular flexibility index (Phi) is 10.3. The molecule has 0 fully saturated rings. The zero-order chi connectivity index (χ0) is 28.6. The van der Waals surface area contributed by atoms with Crippen molar-refractivity contribution in [3.8, 4) is 0 Å². The molecule has 3 aromatic rings. The quantitative estimate of drug-likeness (QED) is 0.258. The van der Waals surface area contributed by atoms with Gasteiger partial charge >= 0.3 is 6.01 Å². The van der Waals surface area contributed by atoms with Gasteiger partial charge in [0, 0.05) is 19.2 Å². The predicted molar refractivity (Wildman–Crippen MR) is 144 cm³/mol. The Balaban J connectivity index is 1.76. The lowest BCUT2D eigenvalue weighted by molar-refractivity contribution is 0.0825. The van der Waals surface area contributed by atoms with Crippen LogP contribution in [-0.4, -0.2) is 55.9 Å². The standard InChI is InChI=1S/C27H32F2N4O5S/c1-4-9-33(39(3,36)37)27-32-24(17-38-27)26(35)31-23(13-20-11-21(28)14-22(29)12-20)25(34)16-30-15-19-8-6-7-18(5-2)10-19/h4,6-8,10-12,14,17,23,25,30,34H,1,5,9,13,15-16H2,2-3H3,(H,31,35)/t23-,25+/m0/s1. The van der Waals surface area contributed by atoms with Crippen LogP contribution >= 0.6 is 0 Å². The van der Waals surface area contributed by atoms with Crippen molar-refractivity contribution < 1.29 is 31.5 Å². The fraction of sp³-hybridized carbons (Fsp3) is 0.333. The van der Waals surface area contributed by atoms with Crippen LogP contribution in [0.2, 0.25) is 0 Å². The summed E-state index contributed by atoms with van der Waals surface area (Å²) in [4.78, 5) is 17.0. The molecule has 0 bridgehead atoms. The van der Waals surface area contributed by atoms with E-state index in [0.29, 0.717) is 6.54 Å². The lowest BCUT2D eigenvalue weighted by atomic mass is 10.00. The van der Waals surface area contributed by atoms with Gasteiger partial charge in [-0.15, -0.1) is 6.58 Å². The van der Waals surface area contributed by atoms with Crippen molar-refractivity contribution in [3.63, 3.8) is 0 Å². The molecule has 1 aromatic heterocycles. The van der Waals surface area contributed by atoms with Gasteiger partial charge in [0.2, 0.25) is 10.0 Å². The van der Waals surface area contributed by atoms with Crippen molar-refractivity contribution in [1.82, 2.24) is 15.6 Å². The van der Waals surface area contributed by atoms with E-state index < -0.39 is 39.7 Å². The minimum Gasteiger partial charge on any atom is -0.430 e. The number of carbonyl (C=O) groups excluding carboxylic acids is 1. The number of halogens is 2. The number of rotatable bonds is 14. The van der Waals surface area contributed by atoms with Crippen molar-refractivity contribution in [2.24, 2.45) is 0 Å². The number of nitrogens with one attached hydrogen (secondary N) is 2. The molecule has 0 radical (unpaired) electrons. The van der Waals surface area contributed by atoms with E-state index in [9.17, 15) is 27.1 Å². The Bertz CT molecular complexity index is 1380. The van der Waals surface area contributed by atoms with Gasteiger partial charge in [0.15, 0.2) is 5.69 Å². The van der Waals surface area contributed by atoms with Gasteiger partial charge in [0.05, 0.1) is 24.9 Å². The number of aromatic nitrogens is 1. The topological polar surface area (TPSA) is 125 Å². The normalized spacial score (nSPS) is 13.1. The molecule has 0 spiro atoms. The highest BCUT2D eigenvalue weighted by molar-refractivity contribution is 7.92. The first-order valence-electron chi connectivity index (χ1n) is 12.3. The van der Waals surface area contributed by atoms with Gasteiger partial charge in [0.1, 0.15) is 17.9 Å². The molecule has 210 valence electrons. The third-order valence-electron chi connectivity index (χ3n) is 5.87. The molecular weight excluding hydrogens is 530 g/mol. The van der Waals surface area contributed by atoms with Crippen molar-refractivity contribution >= 4 is 21.9 Å². The maximum atomic E-state index is 13.8. The molecule has 3 N–H and O–H groups in total. The summed E-state index contributed by atoms with van der Waals surface area (Å²) in [6.07, 6.45) is 2.90. The summed E-state index contributed by atoms with van der Waals surface area (Å²) in [5.41, 5.74) is 2.17. The smallest absolute Gasteiger partial charge is 0.312 e. The molecule has 0 saturated carbocycles. The maximum Gasteiger partial charge on any atom is 0.312 e. The van der Waals surface area contributed by atoms with Crippen LogP contribution < -0.4 is 14.9 Å². The van der Waals surface area contributed by atoms with Crippen LogP contribution in [0.25, 0.3) is 0 Å². The van der Waals surface area contributed by atoms with Crippen LogP contribution in [-0.2, 0) is 29.4 Å². The van der Waals surface area contributed by atoms with E-state index >= 15 is 0 Å². The van der Waals surface area contributed by atoms with E-state index in [2.05, 4.69) is 29.1 Å². The predicted octanol–water partition coefficient (Wildman–Crippen LogP) is 2.96. The van der Waals surface area contributed by atoms with E-state index in [-0.39, 0.29) is 36.8 Å². The number of hydrogen-bond acceptors (Lipinski definition) is 7. The number of amides is 1. The summed E-state index contributed by atoms with van der Waals surface area (Å²) in [6, 6.07) is 9.61. The highest BCUT2D eigenvalue weighted by Gasteiger charge is 2.27. The Morgan fingerprint density at radius 3 is 2.51 bits per heavy atom. The number of aryl methyl sites for hydroxylation is 1. The molecule has 12 heteroatoms. The summed E-state index contributed by atoms with van der Waals surface area (Å²) in [5.74, 6) is -2.35. The van der Waals surface area contributed by atoms with Crippen molar-refractivity contribution in [2.75, 3.05) is 23.7 Å². The first-order chi connectivity index (χ1) is 18.5. The van der Waals surface area contributed by atoms with Gasteiger partial charge in [-0.25, -0.2) is 21.5 Å². The fourth-order valence-corrected chi connectivity index (χ4v) is 4.67. The number of aliphatic hydroxyl groups is 1. The molecule has 39 heavy (non-hydrogen) atoms. The molecule has 0 unspecified atom stereocenters. The van der Waals surface area contributed by atoms with Gasteiger partial charge in [0.25, 0.3) is 5.91 Å². The molecular formula is C27H32F2N4O5S. The average molecular weight is 563 g/mol. The van der Waals surface area contributed by atoms with Crippen LogP contribution in [0.4, 0.5) is 14.8 Å². The van der Waals surface area contributed by atoms with Gasteiger partial charge < -0.3 is 20.2 Å². The second-order valence-electron chi connectivity index (χ2n) is 9.03. The molecule has 9 nitrogen and oxygen atoms in total. The van der Waals surface area contributed by atoms with E-state index in [0.717, 1.165) is 47.0 Å². The number of sulfonamides is 1. The van der Waals surface area contributed by atoms with E-state index in [1.807, 2.05) is 24.3 Å². The highest BCUT2D eigenvalue weighted by atomic mass is 32.2. The molecule has 1 amide bonds. The van der Waals surface area contributed by atoms with Crippen molar-refractivity contribution in [3.05, 3.63) is 95.4 Å². The van der Waals surface area contributed by atoms with Gasteiger partial charge in [-0.1, -0.05) is 37.3 Å². The van der Waals surface area contributed by atoms with Gasteiger partial charge in [-0.05, 0) is 41.7 Å². The SMILES string of the molecule is C=CCN(c1nc(C(=O)N[C@@H](Cc2cc(F)cc(F)c2)[C@H](O)CNCc2cccc(CC)c2)co1)S(C)(=O)=O. The van der Waals surface area contributed by atoms with Crippen LogP contribution in [0.3, 0.4) is 0 Å². The fourth-order valence-electron chi connectivity index (χ4n) is 3.93. The number of aliphatic hydroxyl groups excluding tert-OH is 1. The number of anilines is 1. The molecule has 1 heterocycles. The van der Waals surface area contributed by atoms with Gasteiger partial charge in [-0.2, -0.15) is 4.98 Å². The van der Waals surface area contributed by atoms with E-state index in [4.69, 9.17) is 4.42 Å². The van der Waals surface area contributed by atoms with Crippen molar-refractivity contribution in [1.29, 1.82) is 0 Å². The van der Waals surface area contributed by atoms with Crippen LogP contribution in [0.1, 0.15) is 34.1 Å². The van der Waals surface area contributed by atoms with E-state index in [1.165, 1.54) is 11.6 Å². The zero-order valence-corrected chi connectivity index (χ0v) is 22.5. The first-order valence-corrected chi connectivity index (χ1v) is 14.1. The third kappa shape index (κ3) is 8.70. The Morgan fingerprint density at radius 2 is 1.87 bits per heavy atom. The number of carbonyl (C=O) groups is 1. The second-order valence-corrected chi connectivity index (χ2v) is 10.9. The van der Waals surface area contributed by atoms with Crippen LogP contribution in [0.15, 0.2) is 65.8 Å². The highest BCUT2D eigenvalue weighted by Crippen LogP contribution is 2.18. The minimum atomic E-state index is -3.76. The molecule has 0 aliphatic heterocycles. The molecule has 2 atom stereocenters. The van der Waals surface area contributed by atoms with Gasteiger partial charge in [-0.3, -0.25) is 4.79 Å². The Morgan fingerprint density at radius 1 is 1.18 bits per heavy atom. The molecule has 0 aliphatic rings. The molecule has 3 rings (SSSR count). The number of oxazole rings is 1.